The Morgan fingerprint density at radius 3 is 2.56 bits per heavy atom. The minimum atomic E-state index is -4.79. The highest BCUT2D eigenvalue weighted by Crippen LogP contribution is 2.55. The first-order valence-corrected chi connectivity index (χ1v) is 10.9. The van der Waals surface area contributed by atoms with Gasteiger partial charge in [-0.3, -0.25) is 9.59 Å². The maximum Gasteiger partial charge on any atom is 0.573 e. The summed E-state index contributed by atoms with van der Waals surface area (Å²) >= 11 is 5.62. The van der Waals surface area contributed by atoms with Gasteiger partial charge < -0.3 is 20.1 Å². The van der Waals surface area contributed by atoms with Crippen molar-refractivity contribution in [1.29, 1.82) is 0 Å². The van der Waals surface area contributed by atoms with Crippen molar-refractivity contribution in [2.45, 2.75) is 37.7 Å². The van der Waals surface area contributed by atoms with E-state index in [1.807, 2.05) is 0 Å². The van der Waals surface area contributed by atoms with Gasteiger partial charge in [-0.25, -0.2) is 4.39 Å². The third-order valence-electron chi connectivity index (χ3n) is 6.09. The average Bonchev–Trinajstić information content (AvgIpc) is 3.27. The molecular formula is C23H21ClF4N2O4. The number of halogens is 5. The van der Waals surface area contributed by atoms with E-state index in [1.54, 1.807) is 6.07 Å². The zero-order valence-corrected chi connectivity index (χ0v) is 18.5. The Morgan fingerprint density at radius 2 is 1.85 bits per heavy atom. The number of hydrogen-bond donors (Lipinski definition) is 2. The Kier molecular flexibility index (Phi) is 6.62. The van der Waals surface area contributed by atoms with E-state index in [-0.39, 0.29) is 53.3 Å². The molecule has 3 aliphatic carbocycles. The lowest BCUT2D eigenvalue weighted by Crippen LogP contribution is -2.53. The fourth-order valence-electron chi connectivity index (χ4n) is 4.66. The van der Waals surface area contributed by atoms with Crippen molar-refractivity contribution in [3.63, 3.8) is 0 Å². The van der Waals surface area contributed by atoms with Crippen molar-refractivity contribution in [3.05, 3.63) is 58.9 Å². The number of alkyl halides is 3. The van der Waals surface area contributed by atoms with Gasteiger partial charge >= 0.3 is 6.36 Å². The van der Waals surface area contributed by atoms with Crippen molar-refractivity contribution in [1.82, 2.24) is 10.6 Å². The lowest BCUT2D eigenvalue weighted by atomic mass is 9.76. The van der Waals surface area contributed by atoms with Crippen molar-refractivity contribution in [2.75, 3.05) is 6.61 Å². The van der Waals surface area contributed by atoms with Crippen molar-refractivity contribution in [2.24, 2.45) is 11.8 Å². The summed E-state index contributed by atoms with van der Waals surface area (Å²) in [6, 6.07) is 9.29. The van der Waals surface area contributed by atoms with Gasteiger partial charge in [0.25, 0.3) is 5.91 Å². The number of carbonyl (C=O) groups is 2. The van der Waals surface area contributed by atoms with Crippen LogP contribution in [0.2, 0.25) is 5.02 Å². The minimum Gasteiger partial charge on any atom is -0.484 e. The van der Waals surface area contributed by atoms with Crippen molar-refractivity contribution in [3.8, 4) is 11.5 Å². The third-order valence-corrected chi connectivity index (χ3v) is 6.39. The van der Waals surface area contributed by atoms with Gasteiger partial charge in [0, 0.05) is 24.1 Å². The first kappa shape index (κ1) is 24.1. The summed E-state index contributed by atoms with van der Waals surface area (Å²) in [4.78, 5) is 25.0. The minimum absolute atomic E-state index is 0.0474. The van der Waals surface area contributed by atoms with Crippen molar-refractivity contribution >= 4 is 23.4 Å². The maximum absolute atomic E-state index is 13.5. The van der Waals surface area contributed by atoms with E-state index in [0.717, 1.165) is 6.07 Å². The summed E-state index contributed by atoms with van der Waals surface area (Å²) in [5, 5.41) is 5.63. The molecule has 5 rings (SSSR count). The Hall–Kier alpha value is -3.01. The van der Waals surface area contributed by atoms with Crippen LogP contribution < -0.4 is 20.1 Å². The number of ether oxygens (including phenoxy) is 2. The van der Waals surface area contributed by atoms with Gasteiger partial charge in [-0.15, -0.1) is 13.2 Å². The fraction of sp³-hybridized carbons (Fsp3) is 0.391. The highest BCUT2D eigenvalue weighted by Gasteiger charge is 2.58. The average molecular weight is 501 g/mol. The summed E-state index contributed by atoms with van der Waals surface area (Å²) in [6.07, 6.45) is -3.02. The second-order valence-corrected chi connectivity index (χ2v) is 8.99. The first-order valence-electron chi connectivity index (χ1n) is 10.5. The van der Waals surface area contributed by atoms with Crippen LogP contribution >= 0.6 is 11.6 Å². The summed E-state index contributed by atoms with van der Waals surface area (Å²) < 4.78 is 59.8. The quantitative estimate of drug-likeness (QED) is 0.528. The smallest absolute Gasteiger partial charge is 0.484 e. The molecule has 2 amide bonds. The van der Waals surface area contributed by atoms with Crippen LogP contribution in [0.15, 0.2) is 42.5 Å². The number of benzene rings is 2. The highest BCUT2D eigenvalue weighted by atomic mass is 35.5. The molecule has 34 heavy (non-hydrogen) atoms. The Labute approximate surface area is 197 Å². The van der Waals surface area contributed by atoms with Crippen LogP contribution in [-0.4, -0.2) is 30.3 Å². The van der Waals surface area contributed by atoms with Crippen LogP contribution in [0, 0.1) is 17.7 Å². The molecule has 1 atom stereocenters. The predicted molar refractivity (Wildman–Crippen MR) is 114 cm³/mol. The third kappa shape index (κ3) is 5.72. The topological polar surface area (TPSA) is 76.7 Å². The SMILES string of the molecule is O=C(COc1ccc(Cl)c(F)c1)NC12CC(C1)[C@@H](C(=O)NCc1cccc(OC(F)(F)F)c1)C2. The zero-order valence-electron chi connectivity index (χ0n) is 17.8. The molecular weight excluding hydrogens is 480 g/mol. The molecule has 2 aromatic rings. The molecule has 0 spiro atoms. The molecule has 0 aromatic heterocycles. The number of hydrogen-bond acceptors (Lipinski definition) is 4. The second-order valence-electron chi connectivity index (χ2n) is 8.59. The Balaban J connectivity index is 1.24. The monoisotopic (exact) mass is 500 g/mol. The molecule has 3 aliphatic rings. The normalized spacial score (nSPS) is 23.1. The molecule has 2 bridgehead atoms. The largest absolute Gasteiger partial charge is 0.573 e. The van der Waals surface area contributed by atoms with Crippen molar-refractivity contribution < 1.29 is 36.6 Å². The lowest BCUT2D eigenvalue weighted by Gasteiger charge is -2.39. The molecule has 0 radical (unpaired) electrons. The van der Waals surface area contributed by atoms with E-state index < -0.39 is 17.7 Å². The maximum atomic E-state index is 13.5. The number of rotatable bonds is 8. The fourth-order valence-corrected chi connectivity index (χ4v) is 4.78. The number of fused-ring (bicyclic) bond motifs is 1. The molecule has 182 valence electrons. The molecule has 2 N–H and O–H groups in total. The van der Waals surface area contributed by atoms with Gasteiger partial charge in [-0.1, -0.05) is 23.7 Å². The predicted octanol–water partition coefficient (Wildman–Crippen LogP) is 4.36. The van der Waals surface area contributed by atoms with E-state index in [1.165, 1.54) is 30.3 Å². The lowest BCUT2D eigenvalue weighted by molar-refractivity contribution is -0.274. The van der Waals surface area contributed by atoms with Crippen LogP contribution in [0.25, 0.3) is 0 Å². The summed E-state index contributed by atoms with van der Waals surface area (Å²) in [5.74, 6) is -1.61. The van der Waals surface area contributed by atoms with Gasteiger partial charge in [-0.05, 0) is 55.0 Å². The zero-order chi connectivity index (χ0) is 24.5. The van der Waals surface area contributed by atoms with Gasteiger partial charge in [0.05, 0.1) is 5.02 Å². The summed E-state index contributed by atoms with van der Waals surface area (Å²) in [6.45, 7) is -0.247. The Bertz CT molecular complexity index is 1090. The number of amides is 2. The van der Waals surface area contributed by atoms with E-state index in [0.29, 0.717) is 24.8 Å². The summed E-state index contributed by atoms with van der Waals surface area (Å²) in [7, 11) is 0. The van der Waals surface area contributed by atoms with Crippen LogP contribution in [0.1, 0.15) is 24.8 Å². The number of nitrogens with one attached hydrogen (secondary N) is 2. The molecule has 6 nitrogen and oxygen atoms in total. The van der Waals surface area contributed by atoms with E-state index in [4.69, 9.17) is 16.3 Å². The van der Waals surface area contributed by atoms with Crippen LogP contribution in [0.3, 0.4) is 0 Å². The molecule has 0 heterocycles. The molecule has 0 aliphatic heterocycles. The molecule has 11 heteroatoms. The molecule has 3 fully saturated rings. The van der Waals surface area contributed by atoms with Gasteiger partial charge in [0.15, 0.2) is 6.61 Å². The van der Waals surface area contributed by atoms with Gasteiger partial charge in [0.1, 0.15) is 17.3 Å². The highest BCUT2D eigenvalue weighted by molar-refractivity contribution is 6.30. The van der Waals surface area contributed by atoms with E-state index >= 15 is 0 Å². The first-order chi connectivity index (χ1) is 16.0. The van der Waals surface area contributed by atoms with Crippen LogP contribution in [0.4, 0.5) is 17.6 Å². The van der Waals surface area contributed by atoms with Crippen LogP contribution in [0.5, 0.6) is 11.5 Å². The van der Waals surface area contributed by atoms with Gasteiger partial charge in [-0.2, -0.15) is 0 Å². The molecule has 2 aromatic carbocycles. The Morgan fingerprint density at radius 1 is 1.09 bits per heavy atom. The van der Waals surface area contributed by atoms with E-state index in [9.17, 15) is 27.2 Å². The standard InChI is InChI=1S/C23H21ClF4N2O4/c24-18-5-4-15(7-19(18)25)33-12-20(31)30-22-8-14(9-22)17(10-22)21(32)29-11-13-2-1-3-16(6-13)34-23(26,27)28/h1-7,14,17H,8-12H2,(H,29,32)(H,30,31)/t14?,17-,22?/m0/s1. The van der Waals surface area contributed by atoms with E-state index in [2.05, 4.69) is 15.4 Å². The second kappa shape index (κ2) is 9.32. The molecule has 0 unspecified atom stereocenters. The van der Waals surface area contributed by atoms with Gasteiger partial charge in [0.2, 0.25) is 5.91 Å². The number of carbonyl (C=O) groups excluding carboxylic acids is 2. The molecule has 3 saturated carbocycles. The summed E-state index contributed by atoms with van der Waals surface area (Å²) in [5.41, 5.74) is -0.0158. The molecule has 0 saturated heterocycles. The van der Waals surface area contributed by atoms with Crippen LogP contribution in [-0.2, 0) is 16.1 Å².